The third kappa shape index (κ3) is 5.91. The van der Waals surface area contributed by atoms with Gasteiger partial charge in [-0.2, -0.15) is 0 Å². The molecule has 6 nitrogen and oxygen atoms in total. The van der Waals surface area contributed by atoms with Crippen molar-refractivity contribution < 1.29 is 16.8 Å². The predicted octanol–water partition coefficient (Wildman–Crippen LogP) is 1.29. The van der Waals surface area contributed by atoms with Crippen LogP contribution in [0.1, 0.15) is 13.3 Å². The van der Waals surface area contributed by atoms with Crippen molar-refractivity contribution in [2.75, 3.05) is 25.9 Å². The summed E-state index contributed by atoms with van der Waals surface area (Å²) < 4.78 is 50.7. The van der Waals surface area contributed by atoms with Crippen molar-refractivity contribution in [2.45, 2.75) is 18.2 Å². The number of rotatable bonds is 8. The lowest BCUT2D eigenvalue weighted by molar-refractivity contribution is 0.416. The van der Waals surface area contributed by atoms with Crippen LogP contribution in [-0.2, 0) is 20.0 Å². The summed E-state index contributed by atoms with van der Waals surface area (Å²) in [5.41, 5.74) is 0. The first-order chi connectivity index (χ1) is 9.66. The molecule has 9 heteroatoms. The summed E-state index contributed by atoms with van der Waals surface area (Å²) in [4.78, 5) is 0.0910. The third-order valence-electron chi connectivity index (χ3n) is 2.72. The van der Waals surface area contributed by atoms with Crippen molar-refractivity contribution in [3.05, 3.63) is 29.3 Å². The van der Waals surface area contributed by atoms with E-state index in [0.29, 0.717) is 18.0 Å². The van der Waals surface area contributed by atoms with Gasteiger partial charge in [0.2, 0.25) is 20.0 Å². The quantitative estimate of drug-likeness (QED) is 0.762. The summed E-state index contributed by atoms with van der Waals surface area (Å²) in [5.74, 6) is 0. The number of hydrogen-bond donors (Lipinski definition) is 1. The Bertz CT molecular complexity index is 657. The van der Waals surface area contributed by atoms with Crippen LogP contribution in [0.5, 0.6) is 0 Å². The Morgan fingerprint density at radius 1 is 1.10 bits per heavy atom. The van der Waals surface area contributed by atoms with Gasteiger partial charge >= 0.3 is 0 Å². The van der Waals surface area contributed by atoms with Crippen molar-refractivity contribution in [3.8, 4) is 0 Å². The Morgan fingerprint density at radius 3 is 2.14 bits per heavy atom. The molecule has 1 aromatic rings. The molecule has 120 valence electrons. The van der Waals surface area contributed by atoms with Gasteiger partial charge in [0.1, 0.15) is 0 Å². The second kappa shape index (κ2) is 7.55. The van der Waals surface area contributed by atoms with Gasteiger partial charge in [-0.3, -0.25) is 0 Å². The molecule has 0 aliphatic rings. The number of benzene rings is 1. The molecule has 0 atom stereocenters. The highest BCUT2D eigenvalue weighted by Gasteiger charge is 2.18. The molecule has 0 fully saturated rings. The first-order valence-electron chi connectivity index (χ1n) is 6.37. The van der Waals surface area contributed by atoms with E-state index < -0.39 is 20.0 Å². The van der Waals surface area contributed by atoms with E-state index in [1.165, 1.54) is 28.6 Å². The molecule has 0 spiro atoms. The lowest BCUT2D eigenvalue weighted by Gasteiger charge is -2.19. The molecule has 0 aliphatic carbocycles. The van der Waals surface area contributed by atoms with E-state index in [4.69, 9.17) is 11.6 Å². The summed E-state index contributed by atoms with van der Waals surface area (Å²) in [6.45, 7) is 2.33. The molecular weight excluding hydrogens is 336 g/mol. The number of hydrogen-bond acceptors (Lipinski definition) is 4. The minimum atomic E-state index is -3.66. The Hall–Kier alpha value is -0.670. The average Bonchev–Trinajstić information content (AvgIpc) is 2.37. The van der Waals surface area contributed by atoms with Gasteiger partial charge in [-0.1, -0.05) is 18.5 Å². The van der Waals surface area contributed by atoms with Crippen LogP contribution in [0.4, 0.5) is 0 Å². The van der Waals surface area contributed by atoms with Crippen molar-refractivity contribution >= 4 is 31.6 Å². The van der Waals surface area contributed by atoms with E-state index in [9.17, 15) is 16.8 Å². The monoisotopic (exact) mass is 354 g/mol. The van der Waals surface area contributed by atoms with Gasteiger partial charge in [-0.25, -0.2) is 25.9 Å². The van der Waals surface area contributed by atoms with E-state index >= 15 is 0 Å². The zero-order valence-corrected chi connectivity index (χ0v) is 14.3. The van der Waals surface area contributed by atoms with Crippen molar-refractivity contribution in [3.63, 3.8) is 0 Å². The van der Waals surface area contributed by atoms with E-state index in [-0.39, 0.29) is 18.0 Å². The molecule has 0 heterocycles. The summed E-state index contributed by atoms with van der Waals surface area (Å²) in [6.07, 6.45) is 1.77. The number of halogens is 1. The highest BCUT2D eigenvalue weighted by atomic mass is 35.5. The Morgan fingerprint density at radius 2 is 1.67 bits per heavy atom. The summed E-state index contributed by atoms with van der Waals surface area (Å²) in [7, 11) is -7.00. The topological polar surface area (TPSA) is 83.6 Å². The molecule has 0 bridgehead atoms. The highest BCUT2D eigenvalue weighted by Crippen LogP contribution is 2.13. The van der Waals surface area contributed by atoms with Gasteiger partial charge in [0, 0.05) is 24.7 Å². The van der Waals surface area contributed by atoms with Gasteiger partial charge in [-0.15, -0.1) is 0 Å². The van der Waals surface area contributed by atoms with E-state index in [1.54, 1.807) is 0 Å². The standard InChI is InChI=1S/C12H19ClN2O4S2/c1-3-9-15(20(2,16)17)10-8-14-21(18,19)12-6-4-11(13)5-7-12/h4-7,14H,3,8-10H2,1-2H3. The van der Waals surface area contributed by atoms with Crippen LogP contribution in [-0.4, -0.2) is 47.0 Å². The molecule has 0 unspecified atom stereocenters. The molecule has 1 N–H and O–H groups in total. The smallest absolute Gasteiger partial charge is 0.213 e. The van der Waals surface area contributed by atoms with Gasteiger partial charge in [0.15, 0.2) is 0 Å². The second-order valence-electron chi connectivity index (χ2n) is 4.51. The van der Waals surface area contributed by atoms with Crippen LogP contribution in [0, 0.1) is 0 Å². The van der Waals surface area contributed by atoms with E-state index in [0.717, 1.165) is 6.26 Å². The normalized spacial score (nSPS) is 12.8. The minimum absolute atomic E-state index is 0.0119. The maximum absolute atomic E-state index is 12.0. The van der Waals surface area contributed by atoms with Crippen LogP contribution in [0.2, 0.25) is 5.02 Å². The van der Waals surface area contributed by atoms with Crippen LogP contribution >= 0.6 is 11.6 Å². The SMILES string of the molecule is CCCN(CCNS(=O)(=O)c1ccc(Cl)cc1)S(C)(=O)=O. The molecule has 0 saturated carbocycles. The summed E-state index contributed by atoms with van der Waals surface area (Å²) in [6, 6.07) is 5.75. The minimum Gasteiger partial charge on any atom is -0.213 e. The first kappa shape index (κ1) is 18.4. The van der Waals surface area contributed by atoms with Crippen LogP contribution in [0.25, 0.3) is 0 Å². The predicted molar refractivity (Wildman–Crippen MR) is 83.3 cm³/mol. The Kier molecular flexibility index (Phi) is 6.61. The lowest BCUT2D eigenvalue weighted by atomic mass is 10.4. The van der Waals surface area contributed by atoms with Gasteiger partial charge in [-0.05, 0) is 30.7 Å². The van der Waals surface area contributed by atoms with Crippen LogP contribution in [0.15, 0.2) is 29.2 Å². The van der Waals surface area contributed by atoms with E-state index in [2.05, 4.69) is 4.72 Å². The van der Waals surface area contributed by atoms with Gasteiger partial charge in [0.05, 0.1) is 11.2 Å². The first-order valence-corrected chi connectivity index (χ1v) is 10.1. The average molecular weight is 355 g/mol. The van der Waals surface area contributed by atoms with Crippen molar-refractivity contribution in [1.82, 2.24) is 9.03 Å². The summed E-state index contributed by atoms with van der Waals surface area (Å²) in [5, 5.41) is 0.445. The lowest BCUT2D eigenvalue weighted by Crippen LogP contribution is -2.38. The number of nitrogens with one attached hydrogen (secondary N) is 1. The van der Waals surface area contributed by atoms with Gasteiger partial charge < -0.3 is 0 Å². The number of sulfonamides is 2. The molecule has 1 aromatic carbocycles. The fourth-order valence-electron chi connectivity index (χ4n) is 1.69. The van der Waals surface area contributed by atoms with E-state index in [1.807, 2.05) is 6.92 Å². The van der Waals surface area contributed by atoms with Crippen molar-refractivity contribution in [2.24, 2.45) is 0 Å². The Balaban J connectivity index is 2.67. The molecule has 0 aromatic heterocycles. The maximum Gasteiger partial charge on any atom is 0.240 e. The zero-order valence-electron chi connectivity index (χ0n) is 11.9. The zero-order chi connectivity index (χ0) is 16.1. The third-order valence-corrected chi connectivity index (χ3v) is 5.75. The molecule has 0 aliphatic heterocycles. The molecule has 0 amide bonds. The molecule has 0 radical (unpaired) electrons. The molecule has 21 heavy (non-hydrogen) atoms. The highest BCUT2D eigenvalue weighted by molar-refractivity contribution is 7.89. The Labute approximate surface area is 131 Å². The largest absolute Gasteiger partial charge is 0.240 e. The van der Waals surface area contributed by atoms with Crippen LogP contribution < -0.4 is 4.72 Å². The number of nitrogens with zero attached hydrogens (tertiary/aromatic N) is 1. The fourth-order valence-corrected chi connectivity index (χ4v) is 3.78. The van der Waals surface area contributed by atoms with Crippen LogP contribution in [0.3, 0.4) is 0 Å². The van der Waals surface area contributed by atoms with Crippen molar-refractivity contribution in [1.29, 1.82) is 0 Å². The molecular formula is C12H19ClN2O4S2. The second-order valence-corrected chi connectivity index (χ2v) is 8.70. The molecule has 0 saturated heterocycles. The summed E-state index contributed by atoms with van der Waals surface area (Å²) >= 11 is 5.70. The fraction of sp³-hybridized carbons (Fsp3) is 0.500. The maximum atomic E-state index is 12.0. The van der Waals surface area contributed by atoms with Gasteiger partial charge in [0.25, 0.3) is 0 Å². The molecule has 1 rings (SSSR count).